The van der Waals surface area contributed by atoms with Gasteiger partial charge in [0.25, 0.3) is 0 Å². The fourth-order valence-corrected chi connectivity index (χ4v) is 1.82. The maximum absolute atomic E-state index is 11.0. The van der Waals surface area contributed by atoms with E-state index in [0.29, 0.717) is 6.54 Å². The molecule has 0 atom stereocenters. The van der Waals surface area contributed by atoms with Crippen LogP contribution in [0.2, 0.25) is 0 Å². The Balaban J connectivity index is 2.73. The Morgan fingerprint density at radius 3 is 2.42 bits per heavy atom. The molecule has 1 rings (SSSR count). The highest BCUT2D eigenvalue weighted by Gasteiger charge is 2.25. The van der Waals surface area contributed by atoms with Crippen LogP contribution >= 0.6 is 0 Å². The fourth-order valence-electron chi connectivity index (χ4n) is 1.82. The van der Waals surface area contributed by atoms with Crippen molar-refractivity contribution in [3.05, 3.63) is 28.8 Å². The molecule has 106 valence electrons. The van der Waals surface area contributed by atoms with E-state index in [9.17, 15) is 4.79 Å². The van der Waals surface area contributed by atoms with Gasteiger partial charge >= 0.3 is 5.97 Å². The quantitative estimate of drug-likeness (QED) is 0.828. The number of aliphatic carboxylic acids is 1. The minimum Gasteiger partial charge on any atom is -0.496 e. The number of ether oxygens (including phenoxy) is 1. The Bertz CT molecular complexity index is 467. The topological polar surface area (TPSA) is 58.6 Å². The number of hydrogen-bond donors (Lipinski definition) is 2. The van der Waals surface area contributed by atoms with Gasteiger partial charge in [-0.1, -0.05) is 6.07 Å². The molecule has 1 aromatic rings. The lowest BCUT2D eigenvalue weighted by molar-refractivity contribution is -0.143. The molecular weight excluding hydrogens is 242 g/mol. The molecule has 0 saturated carbocycles. The van der Waals surface area contributed by atoms with Crippen molar-refractivity contribution in [2.24, 2.45) is 0 Å². The molecule has 0 amide bonds. The third kappa shape index (κ3) is 3.96. The van der Waals surface area contributed by atoms with E-state index in [-0.39, 0.29) is 0 Å². The molecule has 0 heterocycles. The standard InChI is InChI=1S/C15H23NO3/c1-10-8-12(13(19-5)9-11(10)2)6-7-16-15(3,4)14(17)18/h8-9,16H,6-7H2,1-5H3,(H,17,18). The first-order valence-electron chi connectivity index (χ1n) is 6.40. The van der Waals surface area contributed by atoms with E-state index in [2.05, 4.69) is 18.3 Å². The van der Waals surface area contributed by atoms with Gasteiger partial charge in [0.1, 0.15) is 11.3 Å². The van der Waals surface area contributed by atoms with Crippen molar-refractivity contribution >= 4 is 5.97 Å². The normalized spacial score (nSPS) is 11.4. The van der Waals surface area contributed by atoms with E-state index in [1.165, 1.54) is 11.1 Å². The summed E-state index contributed by atoms with van der Waals surface area (Å²) in [5, 5.41) is 12.1. The minimum atomic E-state index is -0.910. The number of carbonyl (C=O) groups is 1. The number of benzene rings is 1. The molecule has 0 unspecified atom stereocenters. The van der Waals surface area contributed by atoms with E-state index < -0.39 is 11.5 Å². The van der Waals surface area contributed by atoms with Crippen LogP contribution in [-0.2, 0) is 11.2 Å². The van der Waals surface area contributed by atoms with Crippen molar-refractivity contribution in [3.63, 3.8) is 0 Å². The summed E-state index contributed by atoms with van der Waals surface area (Å²) in [4.78, 5) is 11.0. The van der Waals surface area contributed by atoms with E-state index >= 15 is 0 Å². The molecule has 0 aromatic heterocycles. The largest absolute Gasteiger partial charge is 0.496 e. The van der Waals surface area contributed by atoms with Crippen LogP contribution < -0.4 is 10.1 Å². The number of aryl methyl sites for hydroxylation is 2. The van der Waals surface area contributed by atoms with Crippen LogP contribution in [0, 0.1) is 13.8 Å². The van der Waals surface area contributed by atoms with Crippen molar-refractivity contribution in [2.45, 2.75) is 39.7 Å². The number of nitrogens with one attached hydrogen (secondary N) is 1. The van der Waals surface area contributed by atoms with Gasteiger partial charge in [0.05, 0.1) is 7.11 Å². The van der Waals surface area contributed by atoms with Gasteiger partial charge < -0.3 is 15.2 Å². The number of carboxylic acids is 1. The Kier molecular flexibility index (Phi) is 4.95. The van der Waals surface area contributed by atoms with Crippen LogP contribution in [0.5, 0.6) is 5.75 Å². The number of methoxy groups -OCH3 is 1. The zero-order valence-corrected chi connectivity index (χ0v) is 12.3. The van der Waals surface area contributed by atoms with E-state index in [1.807, 2.05) is 13.0 Å². The summed E-state index contributed by atoms with van der Waals surface area (Å²) < 4.78 is 5.37. The first-order valence-corrected chi connectivity index (χ1v) is 6.40. The van der Waals surface area contributed by atoms with Crippen molar-refractivity contribution in [1.82, 2.24) is 5.32 Å². The van der Waals surface area contributed by atoms with Crippen LogP contribution in [0.25, 0.3) is 0 Å². The number of hydrogen-bond acceptors (Lipinski definition) is 3. The van der Waals surface area contributed by atoms with E-state index in [0.717, 1.165) is 17.7 Å². The third-order valence-corrected chi connectivity index (χ3v) is 3.39. The lowest BCUT2D eigenvalue weighted by atomic mass is 10.0. The molecule has 4 nitrogen and oxygen atoms in total. The lowest BCUT2D eigenvalue weighted by Crippen LogP contribution is -2.47. The van der Waals surface area contributed by atoms with Crippen LogP contribution in [-0.4, -0.2) is 30.3 Å². The molecule has 1 aromatic carbocycles. The molecule has 0 bridgehead atoms. The summed E-state index contributed by atoms with van der Waals surface area (Å²) in [5.41, 5.74) is 2.60. The second-order valence-corrected chi connectivity index (χ2v) is 5.36. The minimum absolute atomic E-state index is 0.595. The van der Waals surface area contributed by atoms with Crippen molar-refractivity contribution in [3.8, 4) is 5.75 Å². The monoisotopic (exact) mass is 265 g/mol. The Labute approximate surface area is 114 Å². The first-order chi connectivity index (χ1) is 8.77. The van der Waals surface area contributed by atoms with Crippen molar-refractivity contribution in [1.29, 1.82) is 0 Å². The predicted molar refractivity (Wildman–Crippen MR) is 75.9 cm³/mol. The lowest BCUT2D eigenvalue weighted by Gasteiger charge is -2.21. The summed E-state index contributed by atoms with van der Waals surface area (Å²) in [5.74, 6) is 0.0117. The molecule has 2 N–H and O–H groups in total. The Morgan fingerprint density at radius 1 is 1.32 bits per heavy atom. The first kappa shape index (κ1) is 15.5. The Hall–Kier alpha value is -1.55. The zero-order valence-electron chi connectivity index (χ0n) is 12.3. The van der Waals surface area contributed by atoms with Gasteiger partial charge in [0, 0.05) is 6.54 Å². The second-order valence-electron chi connectivity index (χ2n) is 5.36. The highest BCUT2D eigenvalue weighted by atomic mass is 16.5. The number of carboxylic acid groups (broad SMARTS) is 1. The van der Waals surface area contributed by atoms with Crippen molar-refractivity contribution < 1.29 is 14.6 Å². The van der Waals surface area contributed by atoms with Gasteiger partial charge in [0.2, 0.25) is 0 Å². The van der Waals surface area contributed by atoms with Gasteiger partial charge in [0.15, 0.2) is 0 Å². The molecule has 4 heteroatoms. The predicted octanol–water partition coefficient (Wildman–Crippen LogP) is 2.31. The summed E-state index contributed by atoms with van der Waals surface area (Å²) in [6, 6.07) is 4.12. The smallest absolute Gasteiger partial charge is 0.323 e. The maximum Gasteiger partial charge on any atom is 0.323 e. The summed E-state index contributed by atoms with van der Waals surface area (Å²) in [6.45, 7) is 8.03. The van der Waals surface area contributed by atoms with E-state index in [1.54, 1.807) is 21.0 Å². The average molecular weight is 265 g/mol. The van der Waals surface area contributed by atoms with E-state index in [4.69, 9.17) is 9.84 Å². The van der Waals surface area contributed by atoms with Gasteiger partial charge in [-0.25, -0.2) is 0 Å². The average Bonchev–Trinajstić information content (AvgIpc) is 2.32. The molecule has 19 heavy (non-hydrogen) atoms. The summed E-state index contributed by atoms with van der Waals surface area (Å²) in [6.07, 6.45) is 0.737. The fraction of sp³-hybridized carbons (Fsp3) is 0.533. The van der Waals surface area contributed by atoms with Crippen LogP contribution in [0.3, 0.4) is 0 Å². The molecule has 0 radical (unpaired) electrons. The zero-order chi connectivity index (χ0) is 14.6. The summed E-state index contributed by atoms with van der Waals surface area (Å²) in [7, 11) is 1.65. The van der Waals surface area contributed by atoms with Crippen LogP contribution in [0.15, 0.2) is 12.1 Å². The SMILES string of the molecule is COc1cc(C)c(C)cc1CCNC(C)(C)C(=O)O. The van der Waals surface area contributed by atoms with Gasteiger partial charge in [-0.05, 0) is 56.9 Å². The molecular formula is C15H23NO3. The molecule has 0 aliphatic carbocycles. The molecule has 0 fully saturated rings. The maximum atomic E-state index is 11.0. The van der Waals surface area contributed by atoms with Crippen LogP contribution in [0.4, 0.5) is 0 Å². The highest BCUT2D eigenvalue weighted by molar-refractivity contribution is 5.77. The third-order valence-electron chi connectivity index (χ3n) is 3.39. The van der Waals surface area contributed by atoms with Gasteiger partial charge in [-0.3, -0.25) is 4.79 Å². The van der Waals surface area contributed by atoms with Crippen molar-refractivity contribution in [2.75, 3.05) is 13.7 Å². The van der Waals surface area contributed by atoms with Gasteiger partial charge in [-0.2, -0.15) is 0 Å². The highest BCUT2D eigenvalue weighted by Crippen LogP contribution is 2.23. The summed E-state index contributed by atoms with van der Waals surface area (Å²) >= 11 is 0. The molecule has 0 spiro atoms. The Morgan fingerprint density at radius 2 is 1.89 bits per heavy atom. The van der Waals surface area contributed by atoms with Gasteiger partial charge in [-0.15, -0.1) is 0 Å². The van der Waals surface area contributed by atoms with Crippen LogP contribution in [0.1, 0.15) is 30.5 Å². The molecule has 0 aliphatic heterocycles. The number of rotatable bonds is 6. The molecule has 0 aliphatic rings. The molecule has 0 saturated heterocycles. The second kappa shape index (κ2) is 6.06.